The molecule has 2 aliphatic heterocycles. The van der Waals surface area contributed by atoms with Crippen LogP contribution in [0, 0.1) is 5.41 Å². The predicted octanol–water partition coefficient (Wildman–Crippen LogP) is 2.69. The third-order valence-electron chi connectivity index (χ3n) is 4.22. The molecule has 94 valence electrons. The van der Waals surface area contributed by atoms with Gasteiger partial charge >= 0.3 is 0 Å². The van der Waals surface area contributed by atoms with Gasteiger partial charge in [0.05, 0.1) is 0 Å². The van der Waals surface area contributed by atoms with Gasteiger partial charge in [0.15, 0.2) is 0 Å². The van der Waals surface area contributed by atoms with Crippen LogP contribution in [0.2, 0.25) is 0 Å². The second-order valence-corrected chi connectivity index (χ2v) is 5.26. The SMILES string of the molecule is Cl.c1ccc(N2CCC3(CCNCC3)C2)cc1. The molecule has 3 heteroatoms. The van der Waals surface area contributed by atoms with Crippen LogP contribution < -0.4 is 10.2 Å². The Hall–Kier alpha value is -0.730. The minimum atomic E-state index is 0. The van der Waals surface area contributed by atoms with E-state index in [0.717, 1.165) is 0 Å². The van der Waals surface area contributed by atoms with Gasteiger partial charge in [-0.25, -0.2) is 0 Å². The Morgan fingerprint density at radius 1 is 1.00 bits per heavy atom. The highest BCUT2D eigenvalue weighted by Crippen LogP contribution is 2.40. The summed E-state index contributed by atoms with van der Waals surface area (Å²) in [6, 6.07) is 10.9. The Morgan fingerprint density at radius 2 is 1.71 bits per heavy atom. The van der Waals surface area contributed by atoms with Gasteiger partial charge in [-0.2, -0.15) is 0 Å². The zero-order valence-corrected chi connectivity index (χ0v) is 11.0. The van der Waals surface area contributed by atoms with E-state index < -0.39 is 0 Å². The van der Waals surface area contributed by atoms with E-state index in [0.29, 0.717) is 5.41 Å². The Kier molecular flexibility index (Phi) is 3.95. The zero-order valence-electron chi connectivity index (χ0n) is 10.2. The highest BCUT2D eigenvalue weighted by Gasteiger charge is 2.38. The topological polar surface area (TPSA) is 15.3 Å². The molecule has 2 saturated heterocycles. The van der Waals surface area contributed by atoms with E-state index in [1.807, 2.05) is 0 Å². The first-order valence-corrected chi connectivity index (χ1v) is 6.39. The number of piperidine rings is 1. The molecule has 0 amide bonds. The molecular weight excluding hydrogens is 232 g/mol. The van der Waals surface area contributed by atoms with Gasteiger partial charge in [0, 0.05) is 18.8 Å². The van der Waals surface area contributed by atoms with Gasteiger partial charge in [0.2, 0.25) is 0 Å². The number of hydrogen-bond acceptors (Lipinski definition) is 2. The quantitative estimate of drug-likeness (QED) is 0.827. The van der Waals surface area contributed by atoms with Gasteiger partial charge in [-0.3, -0.25) is 0 Å². The molecule has 2 heterocycles. The normalized spacial score (nSPS) is 22.5. The fourth-order valence-corrected chi connectivity index (χ4v) is 3.16. The van der Waals surface area contributed by atoms with E-state index in [2.05, 4.69) is 40.5 Å². The maximum atomic E-state index is 3.47. The first-order valence-electron chi connectivity index (χ1n) is 6.39. The molecule has 0 aromatic heterocycles. The second kappa shape index (κ2) is 5.28. The van der Waals surface area contributed by atoms with Crippen molar-refractivity contribution in [3.63, 3.8) is 0 Å². The third kappa shape index (κ3) is 2.58. The summed E-state index contributed by atoms with van der Waals surface area (Å²) in [4.78, 5) is 2.56. The fraction of sp³-hybridized carbons (Fsp3) is 0.571. The van der Waals surface area contributed by atoms with Crippen LogP contribution in [0.5, 0.6) is 0 Å². The van der Waals surface area contributed by atoms with Crippen molar-refractivity contribution >= 4 is 18.1 Å². The number of hydrogen-bond donors (Lipinski definition) is 1. The minimum Gasteiger partial charge on any atom is -0.371 e. The molecule has 1 aromatic carbocycles. The Bertz CT molecular complexity index is 346. The van der Waals surface area contributed by atoms with Crippen molar-refractivity contribution < 1.29 is 0 Å². The molecule has 1 spiro atoms. The van der Waals surface area contributed by atoms with E-state index in [9.17, 15) is 0 Å². The molecule has 0 atom stereocenters. The lowest BCUT2D eigenvalue weighted by Crippen LogP contribution is -2.38. The summed E-state index contributed by atoms with van der Waals surface area (Å²) >= 11 is 0. The van der Waals surface area contributed by atoms with Crippen molar-refractivity contribution in [2.75, 3.05) is 31.1 Å². The van der Waals surface area contributed by atoms with Gasteiger partial charge in [-0.05, 0) is 49.9 Å². The van der Waals surface area contributed by atoms with Crippen LogP contribution in [-0.4, -0.2) is 26.2 Å². The smallest absolute Gasteiger partial charge is 0.0366 e. The van der Waals surface area contributed by atoms with Gasteiger partial charge in [-0.15, -0.1) is 12.4 Å². The van der Waals surface area contributed by atoms with Crippen molar-refractivity contribution in [3.05, 3.63) is 30.3 Å². The van der Waals surface area contributed by atoms with E-state index in [-0.39, 0.29) is 12.4 Å². The summed E-state index contributed by atoms with van der Waals surface area (Å²) in [5, 5.41) is 3.47. The summed E-state index contributed by atoms with van der Waals surface area (Å²) in [5.41, 5.74) is 2.01. The van der Waals surface area contributed by atoms with Crippen molar-refractivity contribution in [2.45, 2.75) is 19.3 Å². The average molecular weight is 253 g/mol. The third-order valence-corrected chi connectivity index (χ3v) is 4.22. The first-order chi connectivity index (χ1) is 7.88. The maximum Gasteiger partial charge on any atom is 0.0366 e. The minimum absolute atomic E-state index is 0. The molecule has 0 unspecified atom stereocenters. The van der Waals surface area contributed by atoms with Crippen molar-refractivity contribution in [1.29, 1.82) is 0 Å². The van der Waals surface area contributed by atoms with Crippen LogP contribution in [0.3, 0.4) is 0 Å². The maximum absolute atomic E-state index is 3.47. The Labute approximate surface area is 110 Å². The predicted molar refractivity (Wildman–Crippen MR) is 75.1 cm³/mol. The lowest BCUT2D eigenvalue weighted by molar-refractivity contribution is 0.232. The molecule has 2 nitrogen and oxygen atoms in total. The highest BCUT2D eigenvalue weighted by atomic mass is 35.5. The van der Waals surface area contributed by atoms with E-state index in [1.54, 1.807) is 0 Å². The molecule has 0 saturated carbocycles. The summed E-state index contributed by atoms with van der Waals surface area (Å²) in [5.74, 6) is 0. The molecule has 17 heavy (non-hydrogen) atoms. The fourth-order valence-electron chi connectivity index (χ4n) is 3.16. The first kappa shape index (κ1) is 12.7. The number of nitrogens with zero attached hydrogens (tertiary/aromatic N) is 1. The molecule has 1 aromatic rings. The molecule has 1 N–H and O–H groups in total. The molecule has 0 aliphatic carbocycles. The number of nitrogens with one attached hydrogen (secondary N) is 1. The lowest BCUT2D eigenvalue weighted by Gasteiger charge is -2.34. The zero-order chi connectivity index (χ0) is 10.8. The Morgan fingerprint density at radius 3 is 2.41 bits per heavy atom. The van der Waals surface area contributed by atoms with E-state index >= 15 is 0 Å². The molecule has 3 rings (SSSR count). The van der Waals surface area contributed by atoms with Crippen LogP contribution >= 0.6 is 12.4 Å². The molecular formula is C14H21ClN2. The van der Waals surface area contributed by atoms with Crippen LogP contribution in [0.15, 0.2) is 30.3 Å². The average Bonchev–Trinajstić information content (AvgIpc) is 2.75. The van der Waals surface area contributed by atoms with Gasteiger partial charge in [0.25, 0.3) is 0 Å². The number of anilines is 1. The number of halogens is 1. The Balaban J connectivity index is 0.00000108. The van der Waals surface area contributed by atoms with Crippen molar-refractivity contribution in [1.82, 2.24) is 5.32 Å². The van der Waals surface area contributed by atoms with Crippen LogP contribution in [0.25, 0.3) is 0 Å². The summed E-state index contributed by atoms with van der Waals surface area (Å²) in [6.07, 6.45) is 4.09. The van der Waals surface area contributed by atoms with Crippen LogP contribution in [0.1, 0.15) is 19.3 Å². The van der Waals surface area contributed by atoms with Gasteiger partial charge < -0.3 is 10.2 Å². The largest absolute Gasteiger partial charge is 0.371 e. The van der Waals surface area contributed by atoms with Gasteiger partial charge in [0.1, 0.15) is 0 Å². The summed E-state index contributed by atoms with van der Waals surface area (Å²) in [6.45, 7) is 4.92. The van der Waals surface area contributed by atoms with Crippen LogP contribution in [-0.2, 0) is 0 Å². The molecule has 0 radical (unpaired) electrons. The number of para-hydroxylation sites is 1. The highest BCUT2D eigenvalue weighted by molar-refractivity contribution is 5.85. The standard InChI is InChI=1S/C14H20N2.ClH/c1-2-4-13(5-3-1)16-11-8-14(12-16)6-9-15-10-7-14;/h1-5,15H,6-12H2;1H. The molecule has 2 aliphatic rings. The summed E-state index contributed by atoms with van der Waals surface area (Å²) < 4.78 is 0. The van der Waals surface area contributed by atoms with Crippen LogP contribution in [0.4, 0.5) is 5.69 Å². The van der Waals surface area contributed by atoms with Gasteiger partial charge in [-0.1, -0.05) is 18.2 Å². The van der Waals surface area contributed by atoms with E-state index in [1.165, 1.54) is 51.1 Å². The number of rotatable bonds is 1. The molecule has 0 bridgehead atoms. The van der Waals surface area contributed by atoms with Crippen molar-refractivity contribution in [2.24, 2.45) is 5.41 Å². The molecule has 2 fully saturated rings. The van der Waals surface area contributed by atoms with E-state index in [4.69, 9.17) is 0 Å². The second-order valence-electron chi connectivity index (χ2n) is 5.26. The van der Waals surface area contributed by atoms with Crippen molar-refractivity contribution in [3.8, 4) is 0 Å². The number of benzene rings is 1. The monoisotopic (exact) mass is 252 g/mol. The lowest BCUT2D eigenvalue weighted by atomic mass is 9.78. The summed E-state index contributed by atoms with van der Waals surface area (Å²) in [7, 11) is 0.